The Kier molecular flexibility index (Phi) is 10.6. The lowest BCUT2D eigenvalue weighted by Crippen LogP contribution is -2.11. The van der Waals surface area contributed by atoms with Gasteiger partial charge in [-0.25, -0.2) is 0 Å². The van der Waals surface area contributed by atoms with Crippen LogP contribution in [0.25, 0.3) is 115 Å². The molecule has 0 unspecified atom stereocenters. The molecule has 0 bridgehead atoms. The monoisotopic (exact) mass is 940 g/mol. The van der Waals surface area contributed by atoms with Crippen LogP contribution in [-0.2, 0) is 0 Å². The zero-order valence-corrected chi connectivity index (χ0v) is 40.6. The van der Waals surface area contributed by atoms with Crippen LogP contribution >= 0.6 is 0 Å². The van der Waals surface area contributed by atoms with Gasteiger partial charge in [0.15, 0.2) is 0 Å². The Morgan fingerprint density at radius 3 is 1.12 bits per heavy atom. The summed E-state index contributed by atoms with van der Waals surface area (Å²) in [5.41, 5.74) is 18.4. The van der Waals surface area contributed by atoms with Crippen LogP contribution in [-0.4, -0.2) is 4.57 Å². The SMILES string of the molecule is c1ccc(-c2cccc(-c3ccc(N(c4ccc(-c5cccc6ccccc56)cc4)c4ccc(-c5cccc6ccccc56)cc4)c(-c4cccc5ccccc45)c3)c2-n2c3ccccc3c3ccccc32)cc1. The van der Waals surface area contributed by atoms with Gasteiger partial charge in [0.25, 0.3) is 0 Å². The Hall–Kier alpha value is -9.76. The van der Waals surface area contributed by atoms with Crippen molar-refractivity contribution in [2.24, 2.45) is 0 Å². The molecular formula is C72H48N2. The van der Waals surface area contributed by atoms with E-state index in [9.17, 15) is 0 Å². The summed E-state index contributed by atoms with van der Waals surface area (Å²) in [4.78, 5) is 2.45. The molecule has 1 aromatic heterocycles. The molecule has 0 atom stereocenters. The highest BCUT2D eigenvalue weighted by atomic mass is 15.1. The summed E-state index contributed by atoms with van der Waals surface area (Å²) in [5, 5.41) is 9.82. The predicted molar refractivity (Wildman–Crippen MR) is 315 cm³/mol. The minimum Gasteiger partial charge on any atom is -0.310 e. The standard InChI is InChI=1S/C72H48N2/c1-2-18-52(19-3-1)63-33-17-34-64(72(63)74-69-36-12-10-29-66(69)67-30-11-13-37-70(67)74)55-42-47-71(68(48-55)65-35-16-25-51-22-6-9-28-62(51)65)73(56-43-38-53(39-44-56)60-31-14-23-49-20-4-7-26-58(49)60)57-45-40-54(41-46-57)61-32-15-24-50-21-5-8-27-59(50)61/h1-48H. The Labute approximate surface area is 430 Å². The molecule has 0 N–H and O–H groups in total. The number of hydrogen-bond donors (Lipinski definition) is 0. The fraction of sp³-hybridized carbons (Fsp3) is 0. The summed E-state index contributed by atoms with van der Waals surface area (Å²) in [7, 11) is 0. The molecule has 0 aliphatic heterocycles. The zero-order valence-electron chi connectivity index (χ0n) is 40.6. The molecule has 74 heavy (non-hydrogen) atoms. The second kappa shape index (κ2) is 18.1. The number of aromatic nitrogens is 1. The van der Waals surface area contributed by atoms with Crippen molar-refractivity contribution in [2.45, 2.75) is 0 Å². The van der Waals surface area contributed by atoms with Crippen LogP contribution in [0, 0.1) is 0 Å². The zero-order chi connectivity index (χ0) is 49.0. The number of para-hydroxylation sites is 3. The normalized spacial score (nSPS) is 11.5. The van der Waals surface area contributed by atoms with E-state index in [0.29, 0.717) is 0 Å². The third-order valence-corrected chi connectivity index (χ3v) is 15.0. The molecule has 0 aliphatic carbocycles. The van der Waals surface area contributed by atoms with Crippen LogP contribution in [0.15, 0.2) is 291 Å². The van der Waals surface area contributed by atoms with Crippen LogP contribution in [0.5, 0.6) is 0 Å². The maximum Gasteiger partial charge on any atom is 0.0618 e. The fourth-order valence-corrected chi connectivity index (χ4v) is 11.6. The average Bonchev–Trinajstić information content (AvgIpc) is 3.84. The highest BCUT2D eigenvalue weighted by Gasteiger charge is 2.24. The predicted octanol–water partition coefficient (Wildman–Crippen LogP) is 20.0. The topological polar surface area (TPSA) is 8.17 Å². The fourth-order valence-electron chi connectivity index (χ4n) is 11.6. The molecule has 2 heteroatoms. The molecule has 0 saturated carbocycles. The van der Waals surface area contributed by atoms with Crippen molar-refractivity contribution < 1.29 is 0 Å². The first kappa shape index (κ1) is 43.1. The highest BCUT2D eigenvalue weighted by molar-refractivity contribution is 6.11. The highest BCUT2D eigenvalue weighted by Crippen LogP contribution is 2.48. The van der Waals surface area contributed by atoms with Crippen LogP contribution in [0.2, 0.25) is 0 Å². The Morgan fingerprint density at radius 1 is 0.230 bits per heavy atom. The van der Waals surface area contributed by atoms with Gasteiger partial charge in [-0.15, -0.1) is 0 Å². The molecule has 0 spiro atoms. The molecule has 0 fully saturated rings. The Bertz CT molecular complexity index is 4220. The first-order chi connectivity index (χ1) is 36.7. The minimum absolute atomic E-state index is 1.07. The van der Waals surface area contributed by atoms with Crippen LogP contribution in [0.3, 0.4) is 0 Å². The quantitative estimate of drug-likeness (QED) is 0.140. The molecule has 14 aromatic rings. The molecule has 2 nitrogen and oxygen atoms in total. The van der Waals surface area contributed by atoms with E-state index in [1.54, 1.807) is 0 Å². The van der Waals surface area contributed by atoms with E-state index >= 15 is 0 Å². The van der Waals surface area contributed by atoms with Crippen molar-refractivity contribution in [3.8, 4) is 61.3 Å². The summed E-state index contributed by atoms with van der Waals surface area (Å²) in [6, 6.07) is 107. The van der Waals surface area contributed by atoms with Gasteiger partial charge in [0.1, 0.15) is 0 Å². The lowest BCUT2D eigenvalue weighted by Gasteiger charge is -2.29. The lowest BCUT2D eigenvalue weighted by molar-refractivity contribution is 1.18. The third-order valence-electron chi connectivity index (χ3n) is 15.0. The third kappa shape index (κ3) is 7.35. The maximum absolute atomic E-state index is 2.50. The molecule has 14 rings (SSSR count). The van der Waals surface area contributed by atoms with Gasteiger partial charge in [0.2, 0.25) is 0 Å². The Balaban J connectivity index is 1.02. The number of rotatable bonds is 9. The maximum atomic E-state index is 2.50. The molecule has 1 heterocycles. The first-order valence-corrected chi connectivity index (χ1v) is 25.5. The van der Waals surface area contributed by atoms with E-state index in [-0.39, 0.29) is 0 Å². The van der Waals surface area contributed by atoms with E-state index in [0.717, 1.165) is 39.4 Å². The largest absolute Gasteiger partial charge is 0.310 e. The van der Waals surface area contributed by atoms with Crippen LogP contribution in [0.1, 0.15) is 0 Å². The van der Waals surface area contributed by atoms with Crippen LogP contribution in [0.4, 0.5) is 17.1 Å². The van der Waals surface area contributed by atoms with Crippen molar-refractivity contribution in [2.75, 3.05) is 4.90 Å². The summed E-state index contributed by atoms with van der Waals surface area (Å²) in [6.07, 6.45) is 0. The Morgan fingerprint density at radius 2 is 0.595 bits per heavy atom. The summed E-state index contributed by atoms with van der Waals surface area (Å²) < 4.78 is 2.50. The smallest absolute Gasteiger partial charge is 0.0618 e. The minimum atomic E-state index is 1.07. The number of fused-ring (bicyclic) bond motifs is 6. The van der Waals surface area contributed by atoms with E-state index in [1.807, 2.05) is 0 Å². The van der Waals surface area contributed by atoms with E-state index in [4.69, 9.17) is 0 Å². The van der Waals surface area contributed by atoms with Gasteiger partial charge in [0, 0.05) is 38.8 Å². The molecule has 346 valence electrons. The second-order valence-electron chi connectivity index (χ2n) is 19.2. The van der Waals surface area contributed by atoms with Gasteiger partial charge in [-0.1, -0.05) is 243 Å². The van der Waals surface area contributed by atoms with Gasteiger partial charge in [-0.05, 0) is 120 Å². The number of nitrogens with zero attached hydrogens (tertiary/aromatic N) is 2. The van der Waals surface area contributed by atoms with Crippen molar-refractivity contribution in [3.63, 3.8) is 0 Å². The number of anilines is 3. The molecule has 13 aromatic carbocycles. The van der Waals surface area contributed by atoms with E-state index in [2.05, 4.69) is 301 Å². The molecule has 0 radical (unpaired) electrons. The van der Waals surface area contributed by atoms with E-state index in [1.165, 1.54) is 93.1 Å². The summed E-state index contributed by atoms with van der Waals surface area (Å²) in [6.45, 7) is 0. The van der Waals surface area contributed by atoms with E-state index < -0.39 is 0 Å². The van der Waals surface area contributed by atoms with Gasteiger partial charge >= 0.3 is 0 Å². The van der Waals surface area contributed by atoms with Gasteiger partial charge in [-0.3, -0.25) is 0 Å². The van der Waals surface area contributed by atoms with Crippen LogP contribution < -0.4 is 4.90 Å². The number of hydrogen-bond acceptors (Lipinski definition) is 1. The van der Waals surface area contributed by atoms with Crippen molar-refractivity contribution in [1.29, 1.82) is 0 Å². The van der Waals surface area contributed by atoms with Crippen molar-refractivity contribution >= 4 is 71.2 Å². The van der Waals surface area contributed by atoms with Crippen molar-refractivity contribution in [3.05, 3.63) is 291 Å². The summed E-state index contributed by atoms with van der Waals surface area (Å²) >= 11 is 0. The molecule has 0 amide bonds. The van der Waals surface area contributed by atoms with Gasteiger partial charge in [-0.2, -0.15) is 0 Å². The number of benzene rings is 13. The average molecular weight is 941 g/mol. The van der Waals surface area contributed by atoms with Gasteiger partial charge in [0.05, 0.1) is 22.4 Å². The molecule has 0 saturated heterocycles. The second-order valence-corrected chi connectivity index (χ2v) is 19.2. The van der Waals surface area contributed by atoms with Crippen molar-refractivity contribution in [1.82, 2.24) is 4.57 Å². The summed E-state index contributed by atoms with van der Waals surface area (Å²) in [5.74, 6) is 0. The van der Waals surface area contributed by atoms with Gasteiger partial charge < -0.3 is 9.47 Å². The first-order valence-electron chi connectivity index (χ1n) is 25.5. The lowest BCUT2D eigenvalue weighted by atomic mass is 9.90. The molecule has 0 aliphatic rings. The molecular weight excluding hydrogens is 893 g/mol.